The van der Waals surface area contributed by atoms with E-state index in [2.05, 4.69) is 25.8 Å². The molecule has 1 heterocycles. The van der Waals surface area contributed by atoms with Crippen molar-refractivity contribution >= 4 is 43.2 Å². The van der Waals surface area contributed by atoms with Crippen LogP contribution >= 0.6 is 27.5 Å². The maximum atomic E-state index is 12.3. The molecule has 1 aromatic carbocycles. The Balaban J connectivity index is 2.46. The van der Waals surface area contributed by atoms with Gasteiger partial charge in [-0.15, -0.1) is 0 Å². The number of rotatable bonds is 3. The predicted octanol–water partition coefficient (Wildman–Crippen LogP) is 3.51. The highest BCUT2D eigenvalue weighted by atomic mass is 79.9. The van der Waals surface area contributed by atoms with Crippen molar-refractivity contribution < 1.29 is 12.9 Å². The Morgan fingerprint density at radius 2 is 2.05 bits per heavy atom. The number of sulfonamides is 1. The van der Waals surface area contributed by atoms with E-state index in [-0.39, 0.29) is 10.7 Å². The number of nitrogens with zero attached hydrogens (tertiary/aromatic N) is 1. The first kappa shape index (κ1) is 14.4. The number of nitrogens with one attached hydrogen (secondary N) is 1. The Hall–Kier alpha value is -1.05. The summed E-state index contributed by atoms with van der Waals surface area (Å²) in [5.41, 5.74) is 0.663. The van der Waals surface area contributed by atoms with Gasteiger partial charge in [0.1, 0.15) is 5.69 Å². The minimum absolute atomic E-state index is 0.0411. The first-order chi connectivity index (χ1) is 8.83. The molecule has 2 rings (SSSR count). The van der Waals surface area contributed by atoms with Crippen LogP contribution < -0.4 is 4.72 Å². The molecule has 0 aliphatic carbocycles. The summed E-state index contributed by atoms with van der Waals surface area (Å²) in [6.45, 7) is 3.11. The number of hydrogen-bond donors (Lipinski definition) is 1. The molecule has 0 fully saturated rings. The topological polar surface area (TPSA) is 72.2 Å². The van der Waals surface area contributed by atoms with Crippen LogP contribution in [0.25, 0.3) is 0 Å². The fourth-order valence-corrected chi connectivity index (χ4v) is 3.71. The van der Waals surface area contributed by atoms with Crippen LogP contribution in [0.3, 0.4) is 0 Å². The summed E-state index contributed by atoms with van der Waals surface area (Å²) in [5.74, 6) is 0.239. The van der Waals surface area contributed by atoms with Gasteiger partial charge in [0.2, 0.25) is 0 Å². The second-order valence-electron chi connectivity index (χ2n) is 3.86. The van der Waals surface area contributed by atoms with Crippen LogP contribution in [0.5, 0.6) is 0 Å². The van der Waals surface area contributed by atoms with Crippen molar-refractivity contribution in [2.75, 3.05) is 4.72 Å². The van der Waals surface area contributed by atoms with E-state index in [0.717, 1.165) is 0 Å². The number of anilines is 1. The third-order valence-electron chi connectivity index (χ3n) is 2.43. The molecule has 0 unspecified atom stereocenters. The smallest absolute Gasteiger partial charge is 0.267 e. The van der Waals surface area contributed by atoms with E-state index in [1.54, 1.807) is 32.0 Å². The molecule has 0 bridgehead atoms. The molecule has 0 amide bonds. The summed E-state index contributed by atoms with van der Waals surface area (Å²) < 4.78 is 32.4. The zero-order valence-corrected chi connectivity index (χ0v) is 13.2. The summed E-state index contributed by atoms with van der Waals surface area (Å²) in [6, 6.07) is 4.91. The van der Waals surface area contributed by atoms with Gasteiger partial charge in [0.25, 0.3) is 10.0 Å². The maximum absolute atomic E-state index is 12.3. The molecule has 0 aliphatic rings. The highest BCUT2D eigenvalue weighted by Crippen LogP contribution is 2.32. The highest BCUT2D eigenvalue weighted by molar-refractivity contribution is 9.10. The van der Waals surface area contributed by atoms with E-state index in [9.17, 15) is 8.42 Å². The minimum Gasteiger partial charge on any atom is -0.360 e. The van der Waals surface area contributed by atoms with Crippen molar-refractivity contribution in [3.8, 4) is 0 Å². The van der Waals surface area contributed by atoms with Gasteiger partial charge in [-0.3, -0.25) is 4.72 Å². The third kappa shape index (κ3) is 2.77. The third-order valence-corrected chi connectivity index (χ3v) is 5.44. The summed E-state index contributed by atoms with van der Waals surface area (Å²) in [5, 5.41) is 4.05. The summed E-state index contributed by atoms with van der Waals surface area (Å²) in [7, 11) is -3.77. The fraction of sp³-hybridized carbons (Fsp3) is 0.182. The van der Waals surface area contributed by atoms with Gasteiger partial charge >= 0.3 is 0 Å². The van der Waals surface area contributed by atoms with E-state index >= 15 is 0 Å². The highest BCUT2D eigenvalue weighted by Gasteiger charge is 2.25. The van der Waals surface area contributed by atoms with Gasteiger partial charge in [0.15, 0.2) is 10.7 Å². The molecular weight excluding hydrogens is 356 g/mol. The lowest BCUT2D eigenvalue weighted by molar-refractivity contribution is 0.390. The lowest BCUT2D eigenvalue weighted by Crippen LogP contribution is -2.14. The van der Waals surface area contributed by atoms with Gasteiger partial charge in [-0.2, -0.15) is 0 Å². The van der Waals surface area contributed by atoms with Crippen molar-refractivity contribution in [2.45, 2.75) is 18.7 Å². The fourth-order valence-electron chi connectivity index (χ4n) is 1.64. The van der Waals surface area contributed by atoms with Crippen LogP contribution in [0.4, 0.5) is 5.69 Å². The Kier molecular flexibility index (Phi) is 3.89. The average Bonchev–Trinajstić information content (AvgIpc) is 2.65. The van der Waals surface area contributed by atoms with Crippen molar-refractivity contribution in [1.29, 1.82) is 0 Å². The van der Waals surface area contributed by atoms with Gasteiger partial charge < -0.3 is 4.52 Å². The number of hydrogen-bond acceptors (Lipinski definition) is 4. The van der Waals surface area contributed by atoms with E-state index in [1.807, 2.05) is 0 Å². The zero-order chi connectivity index (χ0) is 14.2. The predicted molar refractivity (Wildman–Crippen MR) is 75.9 cm³/mol. The molecule has 102 valence electrons. The zero-order valence-electron chi connectivity index (χ0n) is 10.1. The summed E-state index contributed by atoms with van der Waals surface area (Å²) in [4.78, 5) is 0.0411. The molecule has 5 nitrogen and oxygen atoms in total. The Bertz CT molecular complexity index is 708. The van der Waals surface area contributed by atoms with E-state index in [4.69, 9.17) is 16.1 Å². The Morgan fingerprint density at radius 1 is 1.37 bits per heavy atom. The molecule has 0 spiro atoms. The standard InChI is InChI=1S/C11H10BrClN2O3S/c1-6-11(7(2)18-14-6)19(16,17)15-9-5-3-4-8(13)10(9)12/h3-5,15H,1-2H3. The van der Waals surface area contributed by atoms with Crippen molar-refractivity contribution in [3.05, 3.63) is 39.1 Å². The monoisotopic (exact) mass is 364 g/mol. The van der Waals surface area contributed by atoms with E-state index in [1.165, 1.54) is 0 Å². The van der Waals surface area contributed by atoms with Crippen molar-refractivity contribution in [2.24, 2.45) is 0 Å². The minimum atomic E-state index is -3.77. The molecular formula is C11H10BrClN2O3S. The number of halogens is 2. The largest absolute Gasteiger partial charge is 0.360 e. The molecule has 0 saturated carbocycles. The molecule has 19 heavy (non-hydrogen) atoms. The first-order valence-electron chi connectivity index (χ1n) is 5.22. The summed E-state index contributed by atoms with van der Waals surface area (Å²) >= 11 is 9.15. The average molecular weight is 366 g/mol. The van der Waals surface area contributed by atoms with Gasteiger partial charge in [0.05, 0.1) is 15.2 Å². The molecule has 1 aromatic heterocycles. The van der Waals surface area contributed by atoms with Gasteiger partial charge in [0, 0.05) is 0 Å². The number of aromatic nitrogens is 1. The molecule has 0 atom stereocenters. The molecule has 1 N–H and O–H groups in total. The first-order valence-corrected chi connectivity index (χ1v) is 7.88. The Labute approximate surface area is 124 Å². The van der Waals surface area contributed by atoms with Crippen LogP contribution in [0.1, 0.15) is 11.5 Å². The van der Waals surface area contributed by atoms with Crippen molar-refractivity contribution in [3.63, 3.8) is 0 Å². The SMILES string of the molecule is Cc1noc(C)c1S(=O)(=O)Nc1cccc(Cl)c1Br. The molecule has 0 saturated heterocycles. The lowest BCUT2D eigenvalue weighted by Gasteiger charge is -2.10. The second kappa shape index (κ2) is 5.15. The van der Waals surface area contributed by atoms with E-state index < -0.39 is 10.0 Å². The molecule has 0 aliphatic heterocycles. The van der Waals surface area contributed by atoms with Crippen LogP contribution in [-0.4, -0.2) is 13.6 Å². The summed E-state index contributed by atoms with van der Waals surface area (Å²) in [6.07, 6.45) is 0. The number of benzene rings is 1. The maximum Gasteiger partial charge on any atom is 0.267 e. The van der Waals surface area contributed by atoms with Crippen molar-refractivity contribution in [1.82, 2.24) is 5.16 Å². The van der Waals surface area contributed by atoms with Crippen LogP contribution in [0.15, 0.2) is 32.1 Å². The van der Waals surface area contributed by atoms with Gasteiger partial charge in [-0.1, -0.05) is 22.8 Å². The van der Waals surface area contributed by atoms with Crippen LogP contribution in [0, 0.1) is 13.8 Å². The lowest BCUT2D eigenvalue weighted by atomic mass is 10.3. The molecule has 2 aromatic rings. The van der Waals surface area contributed by atoms with Crippen LogP contribution in [0.2, 0.25) is 5.02 Å². The molecule has 8 heteroatoms. The Morgan fingerprint density at radius 3 is 2.63 bits per heavy atom. The van der Waals surface area contributed by atoms with Gasteiger partial charge in [-0.25, -0.2) is 8.42 Å². The molecule has 0 radical (unpaired) electrons. The van der Waals surface area contributed by atoms with Crippen LogP contribution in [-0.2, 0) is 10.0 Å². The normalized spacial score (nSPS) is 11.6. The van der Waals surface area contributed by atoms with Gasteiger partial charge in [-0.05, 0) is 41.9 Å². The quantitative estimate of drug-likeness (QED) is 0.903. The van der Waals surface area contributed by atoms with E-state index in [0.29, 0.717) is 20.9 Å². The number of aryl methyl sites for hydroxylation is 2. The second-order valence-corrected chi connectivity index (χ2v) is 6.68.